The van der Waals surface area contributed by atoms with Crippen LogP contribution >= 0.6 is 11.3 Å². The summed E-state index contributed by atoms with van der Waals surface area (Å²) in [5.74, 6) is -0.0140. The van der Waals surface area contributed by atoms with E-state index in [1.54, 1.807) is 11.3 Å². The minimum absolute atomic E-state index is 0.0140. The number of benzene rings is 1. The largest absolute Gasteiger partial charge is 0.352 e. The highest BCUT2D eigenvalue weighted by Crippen LogP contribution is 2.15. The molecule has 0 spiro atoms. The second kappa shape index (κ2) is 7.61. The van der Waals surface area contributed by atoms with Crippen molar-refractivity contribution in [1.82, 2.24) is 20.1 Å². The fraction of sp³-hybridized carbons (Fsp3) is 0.316. The van der Waals surface area contributed by atoms with E-state index in [1.807, 2.05) is 49.0 Å². The van der Waals surface area contributed by atoms with Gasteiger partial charge in [-0.25, -0.2) is 4.98 Å². The Morgan fingerprint density at radius 2 is 1.96 bits per heavy atom. The van der Waals surface area contributed by atoms with E-state index in [4.69, 9.17) is 0 Å². The summed E-state index contributed by atoms with van der Waals surface area (Å²) in [4.78, 5) is 16.5. The van der Waals surface area contributed by atoms with E-state index in [0.717, 1.165) is 34.2 Å². The maximum absolute atomic E-state index is 12.1. The van der Waals surface area contributed by atoms with Crippen molar-refractivity contribution in [2.75, 3.05) is 0 Å². The van der Waals surface area contributed by atoms with Crippen molar-refractivity contribution < 1.29 is 4.79 Å². The zero-order valence-electron chi connectivity index (χ0n) is 14.7. The van der Waals surface area contributed by atoms with Gasteiger partial charge in [0, 0.05) is 23.2 Å². The first kappa shape index (κ1) is 17.4. The fourth-order valence-electron chi connectivity index (χ4n) is 2.80. The van der Waals surface area contributed by atoms with E-state index < -0.39 is 0 Å². The van der Waals surface area contributed by atoms with Crippen molar-refractivity contribution in [3.05, 3.63) is 68.9 Å². The molecule has 2 heterocycles. The molecule has 1 amide bonds. The number of thiazole rings is 1. The Balaban J connectivity index is 1.63. The van der Waals surface area contributed by atoms with Gasteiger partial charge < -0.3 is 5.32 Å². The van der Waals surface area contributed by atoms with Crippen LogP contribution in [0.3, 0.4) is 0 Å². The lowest BCUT2D eigenvalue weighted by Gasteiger charge is -2.07. The van der Waals surface area contributed by atoms with Gasteiger partial charge in [0.1, 0.15) is 0 Å². The second-order valence-corrected chi connectivity index (χ2v) is 7.17. The third-order valence-corrected chi connectivity index (χ3v) is 5.00. The van der Waals surface area contributed by atoms with Gasteiger partial charge in [-0.1, -0.05) is 30.3 Å². The van der Waals surface area contributed by atoms with Gasteiger partial charge in [-0.3, -0.25) is 9.48 Å². The van der Waals surface area contributed by atoms with Crippen LogP contribution < -0.4 is 5.32 Å². The molecule has 0 saturated heterocycles. The molecular weight excluding hydrogens is 332 g/mol. The molecule has 0 bridgehead atoms. The van der Waals surface area contributed by atoms with Crippen molar-refractivity contribution >= 4 is 17.2 Å². The lowest BCUT2D eigenvalue weighted by molar-refractivity contribution is -0.120. The molecule has 1 N–H and O–H groups in total. The maximum atomic E-state index is 12.1. The molecule has 0 saturated carbocycles. The molecule has 0 radical (unpaired) electrons. The van der Waals surface area contributed by atoms with E-state index in [2.05, 4.69) is 27.5 Å². The molecule has 3 aromatic rings. The molecule has 130 valence electrons. The van der Waals surface area contributed by atoms with Crippen molar-refractivity contribution in [2.24, 2.45) is 0 Å². The smallest absolute Gasteiger partial charge is 0.226 e. The lowest BCUT2D eigenvalue weighted by Crippen LogP contribution is -2.25. The second-order valence-electron chi connectivity index (χ2n) is 6.10. The first-order valence-corrected chi connectivity index (χ1v) is 9.15. The Hall–Kier alpha value is -2.47. The minimum Gasteiger partial charge on any atom is -0.352 e. The number of hydrogen-bond donors (Lipinski definition) is 1. The zero-order valence-corrected chi connectivity index (χ0v) is 15.6. The number of aryl methyl sites for hydroxylation is 2. The molecule has 6 heteroatoms. The van der Waals surface area contributed by atoms with Crippen LogP contribution in [0.5, 0.6) is 0 Å². The van der Waals surface area contributed by atoms with E-state index in [0.29, 0.717) is 13.0 Å². The van der Waals surface area contributed by atoms with Crippen LogP contribution in [0.25, 0.3) is 0 Å². The van der Waals surface area contributed by atoms with E-state index in [-0.39, 0.29) is 5.91 Å². The van der Waals surface area contributed by atoms with Crippen molar-refractivity contribution in [2.45, 2.75) is 40.3 Å². The van der Waals surface area contributed by atoms with Gasteiger partial charge in [0.2, 0.25) is 5.91 Å². The van der Waals surface area contributed by atoms with Gasteiger partial charge in [-0.05, 0) is 26.3 Å². The van der Waals surface area contributed by atoms with Gasteiger partial charge in [0.15, 0.2) is 0 Å². The fourth-order valence-corrected chi connectivity index (χ4v) is 3.42. The van der Waals surface area contributed by atoms with Crippen molar-refractivity contribution in [3.63, 3.8) is 0 Å². The summed E-state index contributed by atoms with van der Waals surface area (Å²) in [6.45, 7) is 7.21. The molecule has 0 aliphatic carbocycles. The van der Waals surface area contributed by atoms with Crippen LogP contribution in [-0.4, -0.2) is 20.7 Å². The normalized spacial score (nSPS) is 10.8. The van der Waals surface area contributed by atoms with Crippen LogP contribution in [0, 0.1) is 20.8 Å². The monoisotopic (exact) mass is 354 g/mol. The Bertz CT molecular complexity index is 867. The predicted molar refractivity (Wildman–Crippen MR) is 99.6 cm³/mol. The highest BCUT2D eigenvalue weighted by atomic mass is 32.1. The van der Waals surface area contributed by atoms with Crippen LogP contribution in [-0.2, 0) is 24.3 Å². The third-order valence-electron chi connectivity index (χ3n) is 4.18. The molecule has 0 aliphatic rings. The Morgan fingerprint density at radius 1 is 1.20 bits per heavy atom. The number of aromatic nitrogens is 3. The van der Waals surface area contributed by atoms with Crippen LogP contribution in [0.15, 0.2) is 35.7 Å². The molecule has 2 aromatic heterocycles. The Labute approximate surface area is 151 Å². The summed E-state index contributed by atoms with van der Waals surface area (Å²) in [6, 6.07) is 10.3. The van der Waals surface area contributed by atoms with E-state index in [1.165, 1.54) is 5.56 Å². The highest BCUT2D eigenvalue weighted by Gasteiger charge is 2.13. The van der Waals surface area contributed by atoms with Crippen molar-refractivity contribution in [3.8, 4) is 0 Å². The summed E-state index contributed by atoms with van der Waals surface area (Å²) < 4.78 is 2.00. The molecule has 0 aliphatic heterocycles. The first-order chi connectivity index (χ1) is 12.0. The molecule has 0 fully saturated rings. The number of nitrogens with zero attached hydrogens (tertiary/aromatic N) is 3. The van der Waals surface area contributed by atoms with E-state index in [9.17, 15) is 4.79 Å². The minimum atomic E-state index is -0.0140. The van der Waals surface area contributed by atoms with Crippen LogP contribution in [0.2, 0.25) is 0 Å². The number of carbonyl (C=O) groups excluding carboxylic acids is 1. The van der Waals surface area contributed by atoms with Gasteiger partial charge in [0.25, 0.3) is 0 Å². The third kappa shape index (κ3) is 4.33. The number of amides is 1. The summed E-state index contributed by atoms with van der Waals surface area (Å²) >= 11 is 1.57. The SMILES string of the molecule is Cc1nc(CC(=O)NCc2c(C)nn(Cc3ccccc3)c2C)cs1. The molecule has 0 unspecified atom stereocenters. The van der Waals surface area contributed by atoms with Crippen LogP contribution in [0.4, 0.5) is 0 Å². The molecule has 5 nitrogen and oxygen atoms in total. The predicted octanol–water partition coefficient (Wildman–Crippen LogP) is 3.17. The van der Waals surface area contributed by atoms with Gasteiger partial charge in [0.05, 0.1) is 29.4 Å². The highest BCUT2D eigenvalue weighted by molar-refractivity contribution is 7.09. The summed E-state index contributed by atoms with van der Waals surface area (Å²) in [7, 11) is 0. The average molecular weight is 354 g/mol. The standard InChI is InChI=1S/C19H22N4OS/c1-13-18(10-20-19(24)9-17-12-25-15(3)21-17)14(2)23(22-13)11-16-7-5-4-6-8-16/h4-8,12H,9-11H2,1-3H3,(H,20,24). The maximum Gasteiger partial charge on any atom is 0.226 e. The topological polar surface area (TPSA) is 59.8 Å². The summed E-state index contributed by atoms with van der Waals surface area (Å²) in [5.41, 5.74) is 5.17. The molecule has 0 atom stereocenters. The number of hydrogen-bond acceptors (Lipinski definition) is 4. The Morgan fingerprint density at radius 3 is 2.64 bits per heavy atom. The number of nitrogens with one attached hydrogen (secondary N) is 1. The van der Waals surface area contributed by atoms with Gasteiger partial charge in [-0.15, -0.1) is 11.3 Å². The number of rotatable bonds is 6. The number of carbonyl (C=O) groups is 1. The van der Waals surface area contributed by atoms with Crippen molar-refractivity contribution in [1.29, 1.82) is 0 Å². The molecule has 3 rings (SSSR count). The van der Waals surface area contributed by atoms with Gasteiger partial charge in [-0.2, -0.15) is 5.10 Å². The molecule has 25 heavy (non-hydrogen) atoms. The van der Waals surface area contributed by atoms with E-state index >= 15 is 0 Å². The zero-order chi connectivity index (χ0) is 17.8. The molecule has 1 aromatic carbocycles. The first-order valence-electron chi connectivity index (χ1n) is 8.27. The Kier molecular flexibility index (Phi) is 5.28. The van der Waals surface area contributed by atoms with Gasteiger partial charge >= 0.3 is 0 Å². The summed E-state index contributed by atoms with van der Waals surface area (Å²) in [5, 5.41) is 10.5. The average Bonchev–Trinajstić information content (AvgIpc) is 3.10. The van der Waals surface area contributed by atoms with Crippen LogP contribution in [0.1, 0.15) is 33.2 Å². The summed E-state index contributed by atoms with van der Waals surface area (Å²) in [6.07, 6.45) is 0.320. The lowest BCUT2D eigenvalue weighted by atomic mass is 10.2. The molecular formula is C19H22N4OS. The quantitative estimate of drug-likeness (QED) is 0.740.